The molecule has 2 aromatic rings. The molecule has 1 atom stereocenters. The van der Waals surface area contributed by atoms with Gasteiger partial charge in [-0.2, -0.15) is 0 Å². The molecule has 0 bridgehead atoms. The largest absolute Gasteiger partial charge is 0.490 e. The fraction of sp³-hybridized carbons (Fsp3) is 0.429. The van der Waals surface area contributed by atoms with Crippen molar-refractivity contribution in [1.82, 2.24) is 4.98 Å². The molecule has 0 saturated carbocycles. The lowest BCUT2D eigenvalue weighted by molar-refractivity contribution is -0.155. The number of aromatic nitrogens is 1. The highest BCUT2D eigenvalue weighted by Crippen LogP contribution is 2.47. The zero-order valence-corrected chi connectivity index (χ0v) is 16.7. The normalized spacial score (nSPS) is 18.7. The Kier molecular flexibility index (Phi) is 5.17. The van der Waals surface area contributed by atoms with E-state index in [-0.39, 0.29) is 23.6 Å². The number of ether oxygens (including phenoxy) is 2. The fourth-order valence-corrected chi connectivity index (χ4v) is 3.38. The van der Waals surface area contributed by atoms with Crippen molar-refractivity contribution in [2.24, 2.45) is 0 Å². The number of esters is 1. The standard InChI is InChI=1S/C21H23ClFNO3/c1-20(2,3)27-17(25)9-10-21(4)12-26-19-15(21)11-16(22)24-18(19)13-5-7-14(23)8-6-13/h5-8,11H,9-10,12H2,1-4H3. The van der Waals surface area contributed by atoms with Crippen LogP contribution >= 0.6 is 11.6 Å². The number of benzene rings is 1. The molecule has 4 nitrogen and oxygen atoms in total. The number of nitrogens with zero attached hydrogens (tertiary/aromatic N) is 1. The van der Waals surface area contributed by atoms with Crippen molar-refractivity contribution in [2.75, 3.05) is 6.61 Å². The van der Waals surface area contributed by atoms with Gasteiger partial charge in [-0.15, -0.1) is 0 Å². The maximum Gasteiger partial charge on any atom is 0.306 e. The second-order valence-electron chi connectivity index (χ2n) is 8.11. The molecule has 0 N–H and O–H groups in total. The molecule has 144 valence electrons. The molecule has 27 heavy (non-hydrogen) atoms. The van der Waals surface area contributed by atoms with E-state index in [4.69, 9.17) is 21.1 Å². The van der Waals surface area contributed by atoms with Gasteiger partial charge in [0.2, 0.25) is 0 Å². The lowest BCUT2D eigenvalue weighted by atomic mass is 9.80. The third-order valence-corrected chi connectivity index (χ3v) is 4.74. The van der Waals surface area contributed by atoms with E-state index < -0.39 is 5.60 Å². The van der Waals surface area contributed by atoms with Gasteiger partial charge in [0.1, 0.15) is 28.0 Å². The van der Waals surface area contributed by atoms with Crippen LogP contribution in [0.15, 0.2) is 30.3 Å². The van der Waals surface area contributed by atoms with Crippen LogP contribution in [0.25, 0.3) is 11.3 Å². The van der Waals surface area contributed by atoms with Crippen LogP contribution in [0, 0.1) is 5.82 Å². The molecule has 0 fully saturated rings. The Balaban J connectivity index is 1.88. The molecule has 1 aromatic heterocycles. The van der Waals surface area contributed by atoms with Crippen LogP contribution in [-0.4, -0.2) is 23.2 Å². The Morgan fingerprint density at radius 1 is 1.33 bits per heavy atom. The van der Waals surface area contributed by atoms with Gasteiger partial charge in [0.25, 0.3) is 0 Å². The Labute approximate surface area is 163 Å². The van der Waals surface area contributed by atoms with E-state index >= 15 is 0 Å². The molecule has 0 radical (unpaired) electrons. The molecule has 0 amide bonds. The molecular formula is C21H23ClFNO3. The topological polar surface area (TPSA) is 48.4 Å². The zero-order chi connectivity index (χ0) is 19.8. The maximum atomic E-state index is 13.3. The molecular weight excluding hydrogens is 369 g/mol. The summed E-state index contributed by atoms with van der Waals surface area (Å²) in [5.74, 6) is 0.0781. The van der Waals surface area contributed by atoms with Crippen LogP contribution in [-0.2, 0) is 14.9 Å². The first kappa shape index (κ1) is 19.6. The van der Waals surface area contributed by atoms with E-state index in [1.165, 1.54) is 12.1 Å². The van der Waals surface area contributed by atoms with Gasteiger partial charge in [0, 0.05) is 23.0 Å². The number of rotatable bonds is 4. The predicted molar refractivity (Wildman–Crippen MR) is 103 cm³/mol. The molecule has 6 heteroatoms. The molecule has 3 rings (SSSR count). The summed E-state index contributed by atoms with van der Waals surface area (Å²) in [6, 6.07) is 7.83. The monoisotopic (exact) mass is 391 g/mol. The van der Waals surface area contributed by atoms with Gasteiger partial charge in [-0.3, -0.25) is 4.79 Å². The Morgan fingerprint density at radius 2 is 2.00 bits per heavy atom. The molecule has 1 aliphatic heterocycles. The number of hydrogen-bond acceptors (Lipinski definition) is 4. The third-order valence-electron chi connectivity index (χ3n) is 4.55. The van der Waals surface area contributed by atoms with Crippen LogP contribution in [0.2, 0.25) is 5.15 Å². The van der Waals surface area contributed by atoms with Crippen LogP contribution < -0.4 is 4.74 Å². The van der Waals surface area contributed by atoms with Gasteiger partial charge >= 0.3 is 5.97 Å². The Bertz CT molecular complexity index is 861. The first-order valence-electron chi connectivity index (χ1n) is 8.89. The Morgan fingerprint density at radius 3 is 2.63 bits per heavy atom. The molecule has 0 aliphatic carbocycles. The summed E-state index contributed by atoms with van der Waals surface area (Å²) in [6.45, 7) is 8.00. The van der Waals surface area contributed by atoms with Crippen LogP contribution in [0.1, 0.15) is 46.1 Å². The van der Waals surface area contributed by atoms with Gasteiger partial charge in [-0.05, 0) is 57.5 Å². The summed E-state index contributed by atoms with van der Waals surface area (Å²) >= 11 is 6.25. The third kappa shape index (κ3) is 4.41. The number of carbonyl (C=O) groups is 1. The lowest BCUT2D eigenvalue weighted by Crippen LogP contribution is -2.28. The van der Waals surface area contributed by atoms with Crippen molar-refractivity contribution in [3.05, 3.63) is 46.9 Å². The van der Waals surface area contributed by atoms with Crippen molar-refractivity contribution in [2.45, 2.75) is 51.6 Å². The van der Waals surface area contributed by atoms with Crippen LogP contribution in [0.4, 0.5) is 4.39 Å². The summed E-state index contributed by atoms with van der Waals surface area (Å²) in [4.78, 5) is 16.5. The number of halogens is 2. The van der Waals surface area contributed by atoms with Gasteiger partial charge in [-0.25, -0.2) is 9.37 Å². The number of carbonyl (C=O) groups excluding carboxylic acids is 1. The summed E-state index contributed by atoms with van der Waals surface area (Å²) in [5, 5.41) is 0.335. The summed E-state index contributed by atoms with van der Waals surface area (Å²) < 4.78 is 24.6. The predicted octanol–water partition coefficient (Wildman–Crippen LogP) is 5.31. The van der Waals surface area contributed by atoms with E-state index in [2.05, 4.69) is 4.98 Å². The highest BCUT2D eigenvalue weighted by molar-refractivity contribution is 6.29. The highest BCUT2D eigenvalue weighted by atomic mass is 35.5. The number of fused-ring (bicyclic) bond motifs is 1. The van der Waals surface area contributed by atoms with Crippen LogP contribution in [0.3, 0.4) is 0 Å². The van der Waals surface area contributed by atoms with Crippen molar-refractivity contribution >= 4 is 17.6 Å². The zero-order valence-electron chi connectivity index (χ0n) is 15.9. The minimum absolute atomic E-state index is 0.240. The van der Waals surface area contributed by atoms with E-state index in [1.807, 2.05) is 27.7 Å². The smallest absolute Gasteiger partial charge is 0.306 e. The SMILES string of the molecule is CC(C)(C)OC(=O)CCC1(C)COc2c1cc(Cl)nc2-c1ccc(F)cc1. The quantitative estimate of drug-likeness (QED) is 0.523. The number of pyridine rings is 1. The van der Waals surface area contributed by atoms with E-state index in [0.717, 1.165) is 11.1 Å². The number of hydrogen-bond donors (Lipinski definition) is 0. The van der Waals surface area contributed by atoms with Crippen LogP contribution in [0.5, 0.6) is 5.75 Å². The van der Waals surface area contributed by atoms with E-state index in [0.29, 0.717) is 29.6 Å². The average molecular weight is 392 g/mol. The lowest BCUT2D eigenvalue weighted by Gasteiger charge is -2.24. The fourth-order valence-electron chi connectivity index (χ4n) is 3.19. The van der Waals surface area contributed by atoms with Gasteiger partial charge in [0.15, 0.2) is 0 Å². The second-order valence-corrected chi connectivity index (χ2v) is 8.50. The molecule has 1 aromatic carbocycles. The van der Waals surface area contributed by atoms with E-state index in [9.17, 15) is 9.18 Å². The first-order valence-corrected chi connectivity index (χ1v) is 9.27. The minimum atomic E-state index is -0.509. The summed E-state index contributed by atoms with van der Waals surface area (Å²) in [5.41, 5.74) is 1.33. The molecule has 2 heterocycles. The van der Waals surface area contributed by atoms with Crippen molar-refractivity contribution < 1.29 is 18.7 Å². The average Bonchev–Trinajstić information content (AvgIpc) is 2.89. The van der Waals surface area contributed by atoms with Crippen molar-refractivity contribution in [3.8, 4) is 17.0 Å². The Hall–Kier alpha value is -2.14. The van der Waals surface area contributed by atoms with Crippen molar-refractivity contribution in [3.63, 3.8) is 0 Å². The van der Waals surface area contributed by atoms with E-state index in [1.54, 1.807) is 18.2 Å². The van der Waals surface area contributed by atoms with Gasteiger partial charge in [0.05, 0.1) is 6.61 Å². The maximum absolute atomic E-state index is 13.3. The summed E-state index contributed by atoms with van der Waals surface area (Å²) in [6.07, 6.45) is 0.848. The minimum Gasteiger partial charge on any atom is -0.490 e. The van der Waals surface area contributed by atoms with Crippen molar-refractivity contribution in [1.29, 1.82) is 0 Å². The van der Waals surface area contributed by atoms with Gasteiger partial charge in [-0.1, -0.05) is 18.5 Å². The first-order chi connectivity index (χ1) is 12.6. The molecule has 1 aliphatic rings. The second kappa shape index (κ2) is 7.12. The molecule has 0 spiro atoms. The summed E-state index contributed by atoms with van der Waals surface area (Å²) in [7, 11) is 0. The van der Waals surface area contributed by atoms with Gasteiger partial charge < -0.3 is 9.47 Å². The highest BCUT2D eigenvalue weighted by Gasteiger charge is 2.39. The molecule has 1 unspecified atom stereocenters. The molecule has 0 saturated heterocycles.